The number of hydrogen-bond acceptors (Lipinski definition) is 7. The molecule has 0 aromatic carbocycles. The molecule has 0 saturated carbocycles. The molecule has 0 amide bonds. The van der Waals surface area contributed by atoms with Gasteiger partial charge in [-0.1, -0.05) is 147 Å². The van der Waals surface area contributed by atoms with Gasteiger partial charge in [-0.3, -0.25) is 13.8 Å². The number of unbranched alkanes of at least 4 members (excludes halogenated alkanes) is 16. The normalized spacial score (nSPS) is 17.9. The van der Waals surface area contributed by atoms with Crippen molar-refractivity contribution in [2.45, 2.75) is 186 Å². The van der Waals surface area contributed by atoms with E-state index in [0.29, 0.717) is 24.1 Å². The van der Waals surface area contributed by atoms with E-state index in [4.69, 9.17) is 23.3 Å². The monoisotopic (exact) mass is 785 g/mol. The number of phosphoric ester groups is 1. The van der Waals surface area contributed by atoms with E-state index in [1.165, 1.54) is 103 Å². The topological polar surface area (TPSA) is 104 Å². The van der Waals surface area contributed by atoms with Crippen LogP contribution in [0.2, 0.25) is 0 Å². The van der Waals surface area contributed by atoms with Crippen molar-refractivity contribution >= 4 is 13.8 Å². The molecule has 10 heteroatoms. The van der Waals surface area contributed by atoms with Gasteiger partial charge in [0.2, 0.25) is 0 Å². The smallest absolute Gasteiger partial charge is 0.457 e. The van der Waals surface area contributed by atoms with E-state index in [1.807, 2.05) is 21.1 Å². The Morgan fingerprint density at radius 3 is 1.85 bits per heavy atom. The summed E-state index contributed by atoms with van der Waals surface area (Å²) in [5.74, 6) is -0.373. The van der Waals surface area contributed by atoms with Gasteiger partial charge in [0, 0.05) is 13.0 Å². The minimum Gasteiger partial charge on any atom is -0.457 e. The number of nitrogens with zero attached hydrogens (tertiary/aromatic N) is 1. The quantitative estimate of drug-likeness (QED) is 0.0164. The van der Waals surface area contributed by atoms with Gasteiger partial charge in [0.25, 0.3) is 0 Å². The summed E-state index contributed by atoms with van der Waals surface area (Å²) in [4.78, 5) is 23.0. The summed E-state index contributed by atoms with van der Waals surface area (Å²) >= 11 is 0. The molecule has 1 aliphatic heterocycles. The summed E-state index contributed by atoms with van der Waals surface area (Å²) in [6.07, 6.45) is 40.5. The molecule has 0 bridgehead atoms. The van der Waals surface area contributed by atoms with Crippen LogP contribution in [-0.2, 0) is 32.6 Å². The second-order valence-electron chi connectivity index (χ2n) is 16.1. The highest BCUT2D eigenvalue weighted by molar-refractivity contribution is 7.47. The first-order chi connectivity index (χ1) is 26.1. The van der Waals surface area contributed by atoms with E-state index in [-0.39, 0.29) is 44.4 Å². The predicted octanol–water partition coefficient (Wildman–Crippen LogP) is 11.6. The molecule has 316 valence electrons. The lowest BCUT2D eigenvalue weighted by Crippen LogP contribution is -2.37. The Hall–Kier alpha value is -1.32. The van der Waals surface area contributed by atoms with Gasteiger partial charge in [-0.15, -0.1) is 0 Å². The second kappa shape index (κ2) is 33.8. The van der Waals surface area contributed by atoms with Crippen LogP contribution >= 0.6 is 7.82 Å². The summed E-state index contributed by atoms with van der Waals surface area (Å²) in [5, 5.41) is 0. The van der Waals surface area contributed by atoms with Crippen LogP contribution in [0.25, 0.3) is 0 Å². The van der Waals surface area contributed by atoms with Crippen LogP contribution in [0.15, 0.2) is 36.5 Å². The average molecular weight is 785 g/mol. The Balaban J connectivity index is 2.29. The highest BCUT2D eigenvalue weighted by Crippen LogP contribution is 2.43. The van der Waals surface area contributed by atoms with Crippen molar-refractivity contribution in [1.29, 1.82) is 0 Å². The molecule has 0 aromatic heterocycles. The fraction of sp³-hybridized carbons (Fsp3) is 0.841. The number of quaternary nitrogens is 1. The van der Waals surface area contributed by atoms with Crippen LogP contribution < -0.4 is 0 Å². The molecule has 0 aromatic rings. The molecule has 1 rings (SSSR count). The third-order valence-electron chi connectivity index (χ3n) is 9.63. The number of ether oxygens (including phenoxy) is 3. The zero-order valence-electron chi connectivity index (χ0n) is 35.4. The lowest BCUT2D eigenvalue weighted by atomic mass is 10.0. The summed E-state index contributed by atoms with van der Waals surface area (Å²) in [6, 6.07) is 0. The van der Waals surface area contributed by atoms with Crippen LogP contribution in [0, 0.1) is 0 Å². The molecule has 0 radical (unpaired) electrons. The maximum absolute atomic E-state index is 12.8. The Morgan fingerprint density at radius 2 is 1.24 bits per heavy atom. The first kappa shape index (κ1) is 50.7. The van der Waals surface area contributed by atoms with E-state index in [0.717, 1.165) is 38.5 Å². The number of epoxide rings is 1. The van der Waals surface area contributed by atoms with Crippen LogP contribution in [0.1, 0.15) is 168 Å². The molecule has 1 saturated heterocycles. The lowest BCUT2D eigenvalue weighted by molar-refractivity contribution is -0.870. The molecule has 4 atom stereocenters. The van der Waals surface area contributed by atoms with E-state index in [9.17, 15) is 14.3 Å². The number of carbonyl (C=O) groups excluding carboxylic acids is 1. The lowest BCUT2D eigenvalue weighted by Gasteiger charge is -2.24. The maximum atomic E-state index is 12.8. The highest BCUT2D eigenvalue weighted by atomic mass is 31.2. The van der Waals surface area contributed by atoms with Crippen LogP contribution in [0.4, 0.5) is 0 Å². The van der Waals surface area contributed by atoms with Crippen molar-refractivity contribution < 1.29 is 42.0 Å². The molecule has 9 nitrogen and oxygen atoms in total. The first-order valence-corrected chi connectivity index (χ1v) is 23.4. The Kier molecular flexibility index (Phi) is 31.7. The van der Waals surface area contributed by atoms with Gasteiger partial charge in [0.05, 0.1) is 46.6 Å². The predicted molar refractivity (Wildman–Crippen MR) is 224 cm³/mol. The molecule has 0 spiro atoms. The molecular weight excluding hydrogens is 701 g/mol. The minimum atomic E-state index is -4.30. The summed E-state index contributed by atoms with van der Waals surface area (Å²) in [6.45, 7) is 5.50. The van der Waals surface area contributed by atoms with Gasteiger partial charge in [0.15, 0.2) is 0 Å². The SMILES string of the molecule is CCCCC/C=C\C/C=C\C/C=C\CC1OC1CCCC(=O)OC(COCCCCCCCCCCCCCCCC)COP(=O)(O)OCC[N+](C)(C)C. The van der Waals surface area contributed by atoms with E-state index in [1.54, 1.807) is 0 Å². The fourth-order valence-corrected chi connectivity index (χ4v) is 6.85. The molecular formula is C44H83NO8P+. The van der Waals surface area contributed by atoms with Gasteiger partial charge in [-0.05, 0) is 51.4 Å². The van der Waals surface area contributed by atoms with Crippen LogP contribution in [0.5, 0.6) is 0 Å². The Labute approximate surface area is 331 Å². The van der Waals surface area contributed by atoms with E-state index >= 15 is 0 Å². The number of carbonyl (C=O) groups is 1. The van der Waals surface area contributed by atoms with Crippen molar-refractivity contribution in [3.8, 4) is 0 Å². The van der Waals surface area contributed by atoms with Gasteiger partial charge in [-0.25, -0.2) is 4.57 Å². The Morgan fingerprint density at radius 1 is 0.685 bits per heavy atom. The minimum absolute atomic E-state index is 0.0750. The zero-order valence-corrected chi connectivity index (χ0v) is 36.3. The third kappa shape index (κ3) is 34.0. The van der Waals surface area contributed by atoms with Gasteiger partial charge < -0.3 is 23.6 Å². The van der Waals surface area contributed by atoms with Gasteiger partial charge >= 0.3 is 13.8 Å². The highest BCUT2D eigenvalue weighted by Gasteiger charge is 2.36. The van der Waals surface area contributed by atoms with E-state index in [2.05, 4.69) is 50.3 Å². The number of rotatable bonds is 39. The largest absolute Gasteiger partial charge is 0.472 e. The van der Waals surface area contributed by atoms with Crippen molar-refractivity contribution in [1.82, 2.24) is 0 Å². The first-order valence-electron chi connectivity index (χ1n) is 21.9. The summed E-state index contributed by atoms with van der Waals surface area (Å²) in [5.41, 5.74) is 0. The number of allylic oxidation sites excluding steroid dienone is 5. The van der Waals surface area contributed by atoms with Crippen molar-refractivity contribution in [3.05, 3.63) is 36.5 Å². The van der Waals surface area contributed by atoms with Crippen molar-refractivity contribution in [2.24, 2.45) is 0 Å². The molecule has 54 heavy (non-hydrogen) atoms. The molecule has 1 N–H and O–H groups in total. The second-order valence-corrected chi connectivity index (χ2v) is 17.6. The number of phosphoric acid groups is 1. The zero-order chi connectivity index (χ0) is 39.6. The third-order valence-corrected chi connectivity index (χ3v) is 10.6. The standard InChI is InChI=1S/C44H82NO8P/c1-6-8-10-12-14-16-18-20-21-23-25-27-29-31-37-49-39-41(40-51-54(47,48)50-38-36-45(3,4)5)52-44(46)35-32-34-43-42(53-43)33-30-28-26-24-22-19-17-15-13-11-9-7-2/h15,17,22,24,28,30,41-43H,6-14,16,18-21,23,25-27,29,31-40H2,1-5H3/p+1/b17-15-,24-22-,30-28-. The molecule has 1 heterocycles. The summed E-state index contributed by atoms with van der Waals surface area (Å²) < 4.78 is 40.8. The van der Waals surface area contributed by atoms with E-state index < -0.39 is 13.9 Å². The van der Waals surface area contributed by atoms with Gasteiger partial charge in [-0.2, -0.15) is 0 Å². The fourth-order valence-electron chi connectivity index (χ4n) is 6.11. The number of likely N-dealkylation sites (N-methyl/N-ethyl adjacent to an activating group) is 1. The van der Waals surface area contributed by atoms with Crippen LogP contribution in [-0.4, -0.2) is 87.8 Å². The molecule has 4 unspecified atom stereocenters. The maximum Gasteiger partial charge on any atom is 0.472 e. The average Bonchev–Trinajstić information content (AvgIpc) is 3.87. The number of hydrogen-bond donors (Lipinski definition) is 1. The molecule has 1 fully saturated rings. The molecule has 0 aliphatic carbocycles. The van der Waals surface area contributed by atoms with Crippen molar-refractivity contribution in [3.63, 3.8) is 0 Å². The summed E-state index contributed by atoms with van der Waals surface area (Å²) in [7, 11) is 1.62. The Bertz CT molecular complexity index is 1030. The van der Waals surface area contributed by atoms with Crippen molar-refractivity contribution in [2.75, 3.05) is 54.1 Å². The number of esters is 1. The van der Waals surface area contributed by atoms with Crippen LogP contribution in [0.3, 0.4) is 0 Å². The van der Waals surface area contributed by atoms with Gasteiger partial charge in [0.1, 0.15) is 19.3 Å². The molecule has 1 aliphatic rings.